The molecule has 0 saturated carbocycles. The number of benzene rings is 3. The van der Waals surface area contributed by atoms with E-state index in [0.717, 1.165) is 35.1 Å². The van der Waals surface area contributed by atoms with Gasteiger partial charge in [0.25, 0.3) is 0 Å². The first-order chi connectivity index (χ1) is 16.1. The fourth-order valence-electron chi connectivity index (χ4n) is 5.18. The Balaban J connectivity index is 1.48. The van der Waals surface area contributed by atoms with Gasteiger partial charge in [-0.1, -0.05) is 84.9 Å². The third kappa shape index (κ3) is 4.16. The molecule has 2 aliphatic heterocycles. The second-order valence-electron chi connectivity index (χ2n) is 8.86. The molecule has 0 radical (unpaired) electrons. The Labute approximate surface area is 194 Å². The number of hydrogen-bond donors (Lipinski definition) is 1. The van der Waals surface area contributed by atoms with Crippen molar-refractivity contribution in [3.63, 3.8) is 0 Å². The van der Waals surface area contributed by atoms with Crippen molar-refractivity contribution in [2.24, 2.45) is 5.73 Å². The molecule has 0 aromatic heterocycles. The zero-order chi connectivity index (χ0) is 22.8. The standard InChI is InChI=1S/C28H28N2O3/c29-23-18-21-14-7-8-15-22(21)24-16-9-17-25(30(24)27(23)31)28(32)33-26(19-10-3-1-4-11-19)20-12-5-2-6-13-20/h1-8,10-15,23-26H,9,16-18,29H2/t23-,24+,25-/m0/s1. The highest BCUT2D eigenvalue weighted by molar-refractivity contribution is 5.89. The van der Waals surface area contributed by atoms with Crippen LogP contribution >= 0.6 is 0 Å². The summed E-state index contributed by atoms with van der Waals surface area (Å²) in [6, 6.07) is 26.0. The molecule has 3 aromatic carbocycles. The van der Waals surface area contributed by atoms with Gasteiger partial charge in [0.2, 0.25) is 5.91 Å². The Bertz CT molecular complexity index is 1090. The molecule has 168 valence electrons. The zero-order valence-corrected chi connectivity index (χ0v) is 18.5. The van der Waals surface area contributed by atoms with Crippen LogP contribution in [0, 0.1) is 0 Å². The second kappa shape index (κ2) is 9.20. The number of amides is 1. The Kier molecular flexibility index (Phi) is 5.97. The number of nitrogens with zero attached hydrogens (tertiary/aromatic N) is 1. The van der Waals surface area contributed by atoms with Crippen LogP contribution < -0.4 is 5.73 Å². The molecule has 1 fully saturated rings. The number of ether oxygens (including phenoxy) is 1. The number of hydrogen-bond acceptors (Lipinski definition) is 4. The largest absolute Gasteiger partial charge is 0.451 e. The van der Waals surface area contributed by atoms with E-state index < -0.39 is 18.2 Å². The quantitative estimate of drug-likeness (QED) is 0.613. The Morgan fingerprint density at radius 3 is 2.15 bits per heavy atom. The van der Waals surface area contributed by atoms with Crippen molar-refractivity contribution in [3.05, 3.63) is 107 Å². The SMILES string of the molecule is N[C@H]1Cc2ccccc2[C@H]2CCC[C@@H](C(=O)OC(c3ccccc3)c3ccccc3)N2C1=O. The van der Waals surface area contributed by atoms with Gasteiger partial charge in [-0.15, -0.1) is 0 Å². The molecule has 2 heterocycles. The lowest BCUT2D eigenvalue weighted by molar-refractivity contribution is -0.163. The lowest BCUT2D eigenvalue weighted by Gasteiger charge is -2.41. The highest BCUT2D eigenvalue weighted by Crippen LogP contribution is 2.40. The first-order valence-electron chi connectivity index (χ1n) is 11.6. The summed E-state index contributed by atoms with van der Waals surface area (Å²) in [7, 11) is 0. The van der Waals surface area contributed by atoms with E-state index in [1.54, 1.807) is 4.90 Å². The normalized spacial score (nSPS) is 22.3. The van der Waals surface area contributed by atoms with Gasteiger partial charge in [0.05, 0.1) is 12.1 Å². The van der Waals surface area contributed by atoms with E-state index in [9.17, 15) is 9.59 Å². The van der Waals surface area contributed by atoms with E-state index >= 15 is 0 Å². The average Bonchev–Trinajstić information content (AvgIpc) is 2.97. The van der Waals surface area contributed by atoms with Crippen molar-refractivity contribution in [2.45, 2.75) is 49.9 Å². The van der Waals surface area contributed by atoms with Gasteiger partial charge in [-0.2, -0.15) is 0 Å². The molecule has 3 aromatic rings. The molecule has 0 unspecified atom stereocenters. The van der Waals surface area contributed by atoms with E-state index in [1.807, 2.05) is 78.9 Å². The number of carbonyl (C=O) groups excluding carboxylic acids is 2. The number of fused-ring (bicyclic) bond motifs is 3. The molecule has 3 atom stereocenters. The molecule has 1 saturated heterocycles. The molecule has 5 nitrogen and oxygen atoms in total. The first kappa shape index (κ1) is 21.4. The molecule has 1 amide bonds. The maximum absolute atomic E-state index is 13.6. The summed E-state index contributed by atoms with van der Waals surface area (Å²) in [5, 5.41) is 0. The Hall–Kier alpha value is -3.44. The van der Waals surface area contributed by atoms with E-state index in [-0.39, 0.29) is 17.9 Å². The number of rotatable bonds is 4. The molecule has 33 heavy (non-hydrogen) atoms. The molecule has 5 heteroatoms. The van der Waals surface area contributed by atoms with Crippen molar-refractivity contribution in [3.8, 4) is 0 Å². The summed E-state index contributed by atoms with van der Waals surface area (Å²) in [5.74, 6) is -0.550. The van der Waals surface area contributed by atoms with E-state index in [1.165, 1.54) is 0 Å². The monoisotopic (exact) mass is 440 g/mol. The van der Waals surface area contributed by atoms with Gasteiger partial charge in [-0.25, -0.2) is 4.79 Å². The number of carbonyl (C=O) groups is 2. The average molecular weight is 441 g/mol. The molecular weight excluding hydrogens is 412 g/mol. The fourth-order valence-corrected chi connectivity index (χ4v) is 5.18. The maximum Gasteiger partial charge on any atom is 0.329 e. The van der Waals surface area contributed by atoms with E-state index in [0.29, 0.717) is 12.8 Å². The molecule has 0 spiro atoms. The molecule has 0 aliphatic carbocycles. The van der Waals surface area contributed by atoms with Crippen molar-refractivity contribution in [1.82, 2.24) is 4.90 Å². The van der Waals surface area contributed by atoms with Crippen LogP contribution in [0.5, 0.6) is 0 Å². The van der Waals surface area contributed by atoms with Gasteiger partial charge >= 0.3 is 5.97 Å². The van der Waals surface area contributed by atoms with Crippen molar-refractivity contribution in [2.75, 3.05) is 0 Å². The highest BCUT2D eigenvalue weighted by Gasteiger charge is 2.44. The summed E-state index contributed by atoms with van der Waals surface area (Å²) in [4.78, 5) is 28.7. The van der Waals surface area contributed by atoms with Crippen LogP contribution in [0.3, 0.4) is 0 Å². The number of nitrogens with two attached hydrogens (primary N) is 1. The smallest absolute Gasteiger partial charge is 0.329 e. The summed E-state index contributed by atoms with van der Waals surface area (Å²) < 4.78 is 6.15. The van der Waals surface area contributed by atoms with Gasteiger partial charge in [0.15, 0.2) is 6.10 Å². The summed E-state index contributed by atoms with van der Waals surface area (Å²) in [6.07, 6.45) is 2.19. The molecule has 5 rings (SSSR count). The zero-order valence-electron chi connectivity index (χ0n) is 18.5. The minimum atomic E-state index is -0.663. The highest BCUT2D eigenvalue weighted by atomic mass is 16.5. The Morgan fingerprint density at radius 1 is 0.879 bits per heavy atom. The predicted octanol–water partition coefficient (Wildman–Crippen LogP) is 4.33. The van der Waals surface area contributed by atoms with Crippen LogP contribution in [-0.4, -0.2) is 28.9 Å². The van der Waals surface area contributed by atoms with Crippen molar-refractivity contribution >= 4 is 11.9 Å². The van der Waals surface area contributed by atoms with Gasteiger partial charge in [0.1, 0.15) is 6.04 Å². The van der Waals surface area contributed by atoms with E-state index in [2.05, 4.69) is 6.07 Å². The third-order valence-corrected chi connectivity index (χ3v) is 6.76. The van der Waals surface area contributed by atoms with Crippen LogP contribution in [0.2, 0.25) is 0 Å². The van der Waals surface area contributed by atoms with Crippen LogP contribution in [0.1, 0.15) is 53.7 Å². The lowest BCUT2D eigenvalue weighted by atomic mass is 9.89. The van der Waals surface area contributed by atoms with Crippen molar-refractivity contribution in [1.29, 1.82) is 0 Å². The van der Waals surface area contributed by atoms with Crippen LogP contribution in [0.25, 0.3) is 0 Å². The number of piperidine rings is 1. The van der Waals surface area contributed by atoms with Gasteiger partial charge in [-0.3, -0.25) is 4.79 Å². The molecular formula is C28H28N2O3. The number of esters is 1. The minimum Gasteiger partial charge on any atom is -0.451 e. The Morgan fingerprint density at radius 2 is 1.48 bits per heavy atom. The summed E-state index contributed by atoms with van der Waals surface area (Å²) in [6.45, 7) is 0. The maximum atomic E-state index is 13.6. The molecule has 2 N–H and O–H groups in total. The third-order valence-electron chi connectivity index (χ3n) is 6.76. The lowest BCUT2D eigenvalue weighted by Crippen LogP contribution is -2.54. The second-order valence-corrected chi connectivity index (χ2v) is 8.86. The van der Waals surface area contributed by atoms with Crippen LogP contribution in [-0.2, 0) is 20.7 Å². The van der Waals surface area contributed by atoms with Crippen molar-refractivity contribution < 1.29 is 14.3 Å². The van der Waals surface area contributed by atoms with Crippen LogP contribution in [0.15, 0.2) is 84.9 Å². The van der Waals surface area contributed by atoms with Gasteiger partial charge in [0, 0.05) is 0 Å². The molecule has 0 bridgehead atoms. The first-order valence-corrected chi connectivity index (χ1v) is 11.6. The topological polar surface area (TPSA) is 72.6 Å². The van der Waals surface area contributed by atoms with E-state index in [4.69, 9.17) is 10.5 Å². The predicted molar refractivity (Wildman–Crippen MR) is 126 cm³/mol. The van der Waals surface area contributed by atoms with Crippen LogP contribution in [0.4, 0.5) is 0 Å². The van der Waals surface area contributed by atoms with Gasteiger partial charge < -0.3 is 15.4 Å². The summed E-state index contributed by atoms with van der Waals surface area (Å²) >= 11 is 0. The molecule has 2 aliphatic rings. The summed E-state index contributed by atoms with van der Waals surface area (Å²) in [5.41, 5.74) is 10.3. The van der Waals surface area contributed by atoms with Gasteiger partial charge in [-0.05, 0) is 47.9 Å². The minimum absolute atomic E-state index is 0.152. The fraction of sp³-hybridized carbons (Fsp3) is 0.286.